The fraction of sp³-hybridized carbons (Fsp3) is 0.429. The zero-order chi connectivity index (χ0) is 25.4. The molecule has 1 amide bonds. The van der Waals surface area contributed by atoms with E-state index in [0.717, 1.165) is 48.6 Å². The van der Waals surface area contributed by atoms with Crippen molar-refractivity contribution in [1.82, 2.24) is 15.2 Å². The predicted molar refractivity (Wildman–Crippen MR) is 145 cm³/mol. The molecular formula is C28H33N7O2. The number of carbonyl (C=O) groups is 1. The Kier molecular flexibility index (Phi) is 6.16. The topological polar surface area (TPSA) is 110 Å². The second-order valence-corrected chi connectivity index (χ2v) is 10.6. The van der Waals surface area contributed by atoms with Gasteiger partial charge in [-0.05, 0) is 54.5 Å². The molecule has 3 aromatic rings. The van der Waals surface area contributed by atoms with Gasteiger partial charge >= 0.3 is 0 Å². The highest BCUT2D eigenvalue weighted by Crippen LogP contribution is 2.47. The fourth-order valence-electron chi connectivity index (χ4n) is 6.10. The first-order chi connectivity index (χ1) is 18.0. The van der Waals surface area contributed by atoms with Gasteiger partial charge in [0.1, 0.15) is 17.5 Å². The van der Waals surface area contributed by atoms with Gasteiger partial charge < -0.3 is 25.3 Å². The van der Waals surface area contributed by atoms with Crippen LogP contribution in [0.2, 0.25) is 0 Å². The second kappa shape index (κ2) is 9.63. The maximum absolute atomic E-state index is 12.9. The van der Waals surface area contributed by atoms with Crippen LogP contribution >= 0.6 is 0 Å². The van der Waals surface area contributed by atoms with E-state index in [-0.39, 0.29) is 17.4 Å². The van der Waals surface area contributed by atoms with E-state index in [1.807, 2.05) is 23.1 Å². The highest BCUT2D eigenvalue weighted by atomic mass is 16.5. The third-order valence-electron chi connectivity index (χ3n) is 8.08. The molecule has 2 aliphatic heterocycles. The predicted octanol–water partition coefficient (Wildman–Crippen LogP) is 4.74. The number of nitrogens with zero attached hydrogens (tertiary/aromatic N) is 4. The molecule has 2 saturated heterocycles. The van der Waals surface area contributed by atoms with E-state index in [9.17, 15) is 4.79 Å². The van der Waals surface area contributed by atoms with Crippen molar-refractivity contribution in [3.05, 3.63) is 48.2 Å². The van der Waals surface area contributed by atoms with Gasteiger partial charge in [-0.3, -0.25) is 9.89 Å². The number of aromatic amines is 1. The van der Waals surface area contributed by atoms with Gasteiger partial charge in [0.25, 0.3) is 0 Å². The monoisotopic (exact) mass is 499 g/mol. The summed E-state index contributed by atoms with van der Waals surface area (Å²) in [6.45, 7) is 5.00. The van der Waals surface area contributed by atoms with Gasteiger partial charge in [-0.15, -0.1) is 0 Å². The Hall–Kier alpha value is -3.72. The summed E-state index contributed by atoms with van der Waals surface area (Å²) in [5, 5.41) is 18.5. The minimum absolute atomic E-state index is 0.172. The van der Waals surface area contributed by atoms with Gasteiger partial charge in [0, 0.05) is 43.0 Å². The Morgan fingerprint density at radius 3 is 2.73 bits per heavy atom. The summed E-state index contributed by atoms with van der Waals surface area (Å²) in [7, 11) is 0. The number of hydrogen-bond donors (Lipinski definition) is 3. The molecule has 6 rings (SSSR count). The molecule has 3 aliphatic rings. The molecule has 3 fully saturated rings. The van der Waals surface area contributed by atoms with E-state index in [2.05, 4.69) is 45.5 Å². The number of pyridine rings is 1. The molecule has 1 aliphatic carbocycles. The standard InChI is InChI=1S/C28H33N7O2/c1-19-17-37-13-12-34(19)25-14-22(23(16-29)27(32-25)31-24-8-11-30-33-24)20-4-6-21(7-5-20)35-18-28(15-26(35)36)9-2-3-10-28/h4-8,11,14,16,19,29H,2-3,9-10,12-13,15,17-18H2,1H3,(H2,30,31,32,33)/t19-/m1/s1. The van der Waals surface area contributed by atoms with Crippen molar-refractivity contribution in [2.75, 3.05) is 41.4 Å². The summed E-state index contributed by atoms with van der Waals surface area (Å²) in [6, 6.07) is 12.3. The van der Waals surface area contributed by atoms with Crippen LogP contribution in [0.4, 0.5) is 23.1 Å². The number of rotatable bonds is 6. The largest absolute Gasteiger partial charge is 0.377 e. The number of carbonyl (C=O) groups excluding carboxylic acids is 1. The van der Waals surface area contributed by atoms with Crippen LogP contribution < -0.4 is 15.1 Å². The molecule has 9 heteroatoms. The first-order valence-electron chi connectivity index (χ1n) is 13.1. The zero-order valence-electron chi connectivity index (χ0n) is 21.2. The highest BCUT2D eigenvalue weighted by molar-refractivity contribution is 5.98. The van der Waals surface area contributed by atoms with Gasteiger partial charge in [-0.1, -0.05) is 25.0 Å². The minimum atomic E-state index is 0.172. The van der Waals surface area contributed by atoms with Crippen LogP contribution in [-0.4, -0.2) is 59.6 Å². The maximum atomic E-state index is 12.9. The Bertz CT molecular complexity index is 1280. The van der Waals surface area contributed by atoms with E-state index in [1.165, 1.54) is 19.1 Å². The third-order valence-corrected chi connectivity index (χ3v) is 8.08. The van der Waals surface area contributed by atoms with Crippen LogP contribution in [0.5, 0.6) is 0 Å². The summed E-state index contributed by atoms with van der Waals surface area (Å²) < 4.78 is 5.65. The van der Waals surface area contributed by atoms with Crippen molar-refractivity contribution in [2.45, 2.75) is 45.1 Å². The van der Waals surface area contributed by atoms with Crippen LogP contribution in [0, 0.1) is 10.8 Å². The smallest absolute Gasteiger partial charge is 0.227 e. The number of nitrogens with one attached hydrogen (secondary N) is 3. The molecule has 37 heavy (non-hydrogen) atoms. The SMILES string of the molecule is C[C@@H]1COCCN1c1cc(-c2ccc(N3CC4(CCCC4)CC3=O)cc2)c(C=N)c(Nc2ccn[nH]2)n1. The Morgan fingerprint density at radius 2 is 2.03 bits per heavy atom. The average molecular weight is 500 g/mol. The van der Waals surface area contributed by atoms with Crippen molar-refractivity contribution in [3.8, 4) is 11.1 Å². The molecular weight excluding hydrogens is 466 g/mol. The van der Waals surface area contributed by atoms with E-state index in [4.69, 9.17) is 15.1 Å². The van der Waals surface area contributed by atoms with Crippen LogP contribution in [0.1, 0.15) is 44.6 Å². The highest BCUT2D eigenvalue weighted by Gasteiger charge is 2.45. The Morgan fingerprint density at radius 1 is 1.22 bits per heavy atom. The van der Waals surface area contributed by atoms with Gasteiger partial charge in [0.2, 0.25) is 5.91 Å². The number of benzene rings is 1. The van der Waals surface area contributed by atoms with E-state index in [1.54, 1.807) is 6.20 Å². The van der Waals surface area contributed by atoms with Gasteiger partial charge in [-0.25, -0.2) is 4.98 Å². The molecule has 192 valence electrons. The van der Waals surface area contributed by atoms with Crippen LogP contribution in [0.15, 0.2) is 42.6 Å². The minimum Gasteiger partial charge on any atom is -0.377 e. The van der Waals surface area contributed by atoms with Crippen molar-refractivity contribution in [1.29, 1.82) is 5.41 Å². The molecule has 0 radical (unpaired) electrons. The summed E-state index contributed by atoms with van der Waals surface area (Å²) in [4.78, 5) is 22.0. The lowest BCUT2D eigenvalue weighted by molar-refractivity contribution is -0.117. The molecule has 1 saturated carbocycles. The number of morpholine rings is 1. The van der Waals surface area contributed by atoms with Crippen molar-refractivity contribution in [2.24, 2.45) is 5.41 Å². The van der Waals surface area contributed by atoms with Gasteiger partial charge in [0.15, 0.2) is 0 Å². The van der Waals surface area contributed by atoms with Crippen LogP contribution in [0.3, 0.4) is 0 Å². The second-order valence-electron chi connectivity index (χ2n) is 10.6. The van der Waals surface area contributed by atoms with E-state index in [0.29, 0.717) is 36.8 Å². The van der Waals surface area contributed by atoms with Crippen molar-refractivity contribution in [3.63, 3.8) is 0 Å². The Balaban J connectivity index is 1.36. The molecule has 1 aromatic carbocycles. The van der Waals surface area contributed by atoms with Crippen molar-refractivity contribution >= 4 is 35.3 Å². The Labute approximate surface area is 216 Å². The maximum Gasteiger partial charge on any atom is 0.227 e. The zero-order valence-corrected chi connectivity index (χ0v) is 21.2. The summed E-state index contributed by atoms with van der Waals surface area (Å²) in [5.74, 6) is 2.36. The molecule has 1 atom stereocenters. The molecule has 9 nitrogen and oxygen atoms in total. The number of ether oxygens (including phenoxy) is 1. The van der Waals surface area contributed by atoms with Gasteiger partial charge in [0.05, 0.1) is 25.5 Å². The lowest BCUT2D eigenvalue weighted by Crippen LogP contribution is -2.44. The summed E-state index contributed by atoms with van der Waals surface area (Å²) in [6.07, 6.45) is 8.45. The number of anilines is 4. The lowest BCUT2D eigenvalue weighted by Gasteiger charge is -2.35. The number of aromatic nitrogens is 3. The van der Waals surface area contributed by atoms with E-state index >= 15 is 0 Å². The molecule has 0 unspecified atom stereocenters. The number of amides is 1. The first kappa shape index (κ1) is 23.7. The first-order valence-corrected chi connectivity index (χ1v) is 13.1. The molecule has 3 N–H and O–H groups in total. The van der Waals surface area contributed by atoms with Gasteiger partial charge in [-0.2, -0.15) is 5.10 Å². The molecule has 2 aromatic heterocycles. The quantitative estimate of drug-likeness (QED) is 0.423. The number of H-pyrrole nitrogens is 1. The van der Waals surface area contributed by atoms with Crippen molar-refractivity contribution < 1.29 is 9.53 Å². The fourth-order valence-corrected chi connectivity index (χ4v) is 6.10. The third kappa shape index (κ3) is 4.48. The molecule has 1 spiro atoms. The summed E-state index contributed by atoms with van der Waals surface area (Å²) in [5.41, 5.74) is 3.69. The summed E-state index contributed by atoms with van der Waals surface area (Å²) >= 11 is 0. The number of hydrogen-bond acceptors (Lipinski definition) is 7. The molecule has 4 heterocycles. The van der Waals surface area contributed by atoms with E-state index < -0.39 is 0 Å². The normalized spacial score (nSPS) is 21.1. The lowest BCUT2D eigenvalue weighted by atomic mass is 9.85. The molecule has 0 bridgehead atoms. The average Bonchev–Trinajstić information content (AvgIpc) is 3.66. The van der Waals surface area contributed by atoms with Crippen LogP contribution in [0.25, 0.3) is 11.1 Å². The van der Waals surface area contributed by atoms with Crippen LogP contribution in [-0.2, 0) is 9.53 Å².